The lowest BCUT2D eigenvalue weighted by atomic mass is 9.95. The van der Waals surface area contributed by atoms with Gasteiger partial charge in [-0.2, -0.15) is 0 Å². The zero-order valence-corrected chi connectivity index (χ0v) is 20.0. The minimum absolute atomic E-state index is 0.0756. The number of aliphatic imine (C=N–C) groups is 1. The van der Waals surface area contributed by atoms with Crippen molar-refractivity contribution in [1.29, 1.82) is 0 Å². The number of hydrogen-bond donors (Lipinski definition) is 1. The maximum Gasteiger partial charge on any atom is 0.229 e. The van der Waals surface area contributed by atoms with Crippen LogP contribution < -0.4 is 9.46 Å². The van der Waals surface area contributed by atoms with Crippen LogP contribution in [0.1, 0.15) is 34.7 Å². The first-order valence-electron chi connectivity index (χ1n) is 10.9. The molecule has 0 aromatic heterocycles. The Kier molecular flexibility index (Phi) is 6.70. The molecule has 1 aliphatic rings. The van der Waals surface area contributed by atoms with E-state index in [1.54, 1.807) is 19.2 Å². The molecule has 3 aromatic carbocycles. The van der Waals surface area contributed by atoms with Crippen molar-refractivity contribution in [1.82, 2.24) is 4.90 Å². The predicted octanol–water partition coefficient (Wildman–Crippen LogP) is 4.63. The average molecular weight is 464 g/mol. The second-order valence-corrected chi connectivity index (χ2v) is 10.1. The summed E-state index contributed by atoms with van der Waals surface area (Å²) in [5, 5.41) is 0. The highest BCUT2D eigenvalue weighted by Crippen LogP contribution is 2.33. The van der Waals surface area contributed by atoms with Gasteiger partial charge in [-0.15, -0.1) is 0 Å². The zero-order chi connectivity index (χ0) is 23.4. The molecule has 0 aliphatic carbocycles. The van der Waals surface area contributed by atoms with Crippen LogP contribution >= 0.6 is 0 Å². The van der Waals surface area contributed by atoms with E-state index in [9.17, 15) is 8.42 Å². The van der Waals surface area contributed by atoms with Crippen LogP contribution in [0.5, 0.6) is 5.75 Å². The normalized spacial score (nSPS) is 15.9. The minimum Gasteiger partial charge on any atom is -0.497 e. The van der Waals surface area contributed by atoms with Gasteiger partial charge in [-0.3, -0.25) is 9.71 Å². The van der Waals surface area contributed by atoms with E-state index < -0.39 is 10.0 Å². The fourth-order valence-electron chi connectivity index (χ4n) is 4.11. The second kappa shape index (κ2) is 9.67. The van der Waals surface area contributed by atoms with Crippen molar-refractivity contribution in [2.45, 2.75) is 25.4 Å². The van der Waals surface area contributed by atoms with Crippen molar-refractivity contribution in [2.24, 2.45) is 4.99 Å². The van der Waals surface area contributed by atoms with Crippen LogP contribution in [0.25, 0.3) is 0 Å². The number of nitrogens with zero attached hydrogens (tertiary/aromatic N) is 2. The first-order chi connectivity index (χ1) is 15.8. The lowest BCUT2D eigenvalue weighted by molar-refractivity contribution is 0.414. The lowest BCUT2D eigenvalue weighted by Gasteiger charge is -2.20. The van der Waals surface area contributed by atoms with Crippen LogP contribution in [-0.2, 0) is 23.0 Å². The Morgan fingerprint density at radius 3 is 2.36 bits per heavy atom. The van der Waals surface area contributed by atoms with Crippen molar-refractivity contribution < 1.29 is 13.2 Å². The van der Waals surface area contributed by atoms with E-state index in [0.717, 1.165) is 48.4 Å². The van der Waals surface area contributed by atoms with Crippen molar-refractivity contribution >= 4 is 21.5 Å². The predicted molar refractivity (Wildman–Crippen MR) is 133 cm³/mol. The van der Waals surface area contributed by atoms with Gasteiger partial charge in [0.15, 0.2) is 0 Å². The number of nitrogens with one attached hydrogen (secondary N) is 1. The molecule has 1 atom stereocenters. The van der Waals surface area contributed by atoms with E-state index in [1.165, 1.54) is 11.1 Å². The van der Waals surface area contributed by atoms with E-state index >= 15 is 0 Å². The van der Waals surface area contributed by atoms with E-state index in [0.29, 0.717) is 5.69 Å². The maximum absolute atomic E-state index is 11.4. The zero-order valence-electron chi connectivity index (χ0n) is 19.2. The Hall–Kier alpha value is -3.32. The molecule has 1 heterocycles. The summed E-state index contributed by atoms with van der Waals surface area (Å²) in [5.74, 6) is 1.88. The highest BCUT2D eigenvalue weighted by atomic mass is 32.2. The first kappa shape index (κ1) is 22.9. The van der Waals surface area contributed by atoms with Crippen LogP contribution in [0.15, 0.2) is 77.8 Å². The third-order valence-electron chi connectivity index (χ3n) is 5.80. The molecule has 1 aliphatic heterocycles. The molecule has 0 saturated heterocycles. The third-order valence-corrected chi connectivity index (χ3v) is 6.41. The standard InChI is InChI=1S/C26H29N3O3S/c1-29-18-21-6-4-5-7-24(21)26(20-11-15-23(32-2)16-12-20)27-25(29)17-10-19-8-13-22(14-9-19)28-33(3,30)31/h4-9,11-16,26,28H,10,17-18H2,1-3H3. The maximum atomic E-state index is 11.4. The number of fused-ring (bicyclic) bond motifs is 1. The van der Waals surface area contributed by atoms with Gasteiger partial charge in [0.25, 0.3) is 0 Å². The lowest BCUT2D eigenvalue weighted by Crippen LogP contribution is -2.26. The van der Waals surface area contributed by atoms with Crippen molar-refractivity contribution in [3.63, 3.8) is 0 Å². The summed E-state index contributed by atoms with van der Waals surface area (Å²) < 4.78 is 30.7. The van der Waals surface area contributed by atoms with Crippen molar-refractivity contribution in [3.8, 4) is 5.75 Å². The summed E-state index contributed by atoms with van der Waals surface area (Å²) in [6.45, 7) is 0.804. The summed E-state index contributed by atoms with van der Waals surface area (Å²) >= 11 is 0. The highest BCUT2D eigenvalue weighted by Gasteiger charge is 2.23. The Labute approximate surface area is 196 Å². The van der Waals surface area contributed by atoms with E-state index in [1.807, 2.05) is 24.3 Å². The molecule has 0 radical (unpaired) electrons. The molecular weight excluding hydrogens is 434 g/mol. The Bertz CT molecular complexity index is 1240. The monoisotopic (exact) mass is 463 g/mol. The van der Waals surface area contributed by atoms with Gasteiger partial charge in [0.2, 0.25) is 10.0 Å². The molecule has 3 aromatic rings. The molecular formula is C26H29N3O3S. The van der Waals surface area contributed by atoms with Gasteiger partial charge in [-0.05, 0) is 52.9 Å². The molecule has 4 rings (SSSR count). The number of ether oxygens (including phenoxy) is 1. The number of anilines is 1. The molecule has 0 spiro atoms. The molecule has 0 amide bonds. The van der Waals surface area contributed by atoms with Gasteiger partial charge in [-0.25, -0.2) is 8.42 Å². The molecule has 0 saturated carbocycles. The number of rotatable bonds is 7. The van der Waals surface area contributed by atoms with Crippen molar-refractivity contribution in [2.75, 3.05) is 25.1 Å². The number of amidine groups is 1. The van der Waals surface area contributed by atoms with Crippen LogP contribution in [0, 0.1) is 0 Å². The van der Waals surface area contributed by atoms with Gasteiger partial charge >= 0.3 is 0 Å². The molecule has 0 fully saturated rings. The molecule has 1 unspecified atom stereocenters. The minimum atomic E-state index is -3.28. The van der Waals surface area contributed by atoms with E-state index in [-0.39, 0.29) is 6.04 Å². The van der Waals surface area contributed by atoms with Crippen molar-refractivity contribution in [3.05, 3.63) is 95.1 Å². The molecule has 33 heavy (non-hydrogen) atoms. The fourth-order valence-corrected chi connectivity index (χ4v) is 4.68. The number of sulfonamides is 1. The fraction of sp³-hybridized carbons (Fsp3) is 0.269. The average Bonchev–Trinajstić information content (AvgIpc) is 2.93. The third kappa shape index (κ3) is 5.73. The van der Waals surface area contributed by atoms with Gasteiger partial charge in [0.1, 0.15) is 17.6 Å². The number of methoxy groups -OCH3 is 1. The summed E-state index contributed by atoms with van der Waals surface area (Å²) in [6.07, 6.45) is 2.75. The topological polar surface area (TPSA) is 71.0 Å². The molecule has 7 heteroatoms. The first-order valence-corrected chi connectivity index (χ1v) is 12.8. The second-order valence-electron chi connectivity index (χ2n) is 8.35. The van der Waals surface area contributed by atoms with E-state index in [2.05, 4.69) is 53.1 Å². The van der Waals surface area contributed by atoms with Crippen LogP contribution in [0.4, 0.5) is 5.69 Å². The van der Waals surface area contributed by atoms with Gasteiger partial charge in [-0.1, -0.05) is 48.5 Å². The molecule has 0 bridgehead atoms. The Morgan fingerprint density at radius 1 is 1.00 bits per heavy atom. The van der Waals surface area contributed by atoms with Crippen LogP contribution in [-0.4, -0.2) is 39.6 Å². The molecule has 172 valence electrons. The van der Waals surface area contributed by atoms with E-state index in [4.69, 9.17) is 9.73 Å². The SMILES string of the molecule is COc1ccc(C2N=C(CCc3ccc(NS(C)(=O)=O)cc3)N(C)Cc3ccccc32)cc1. The van der Waals surface area contributed by atoms with Gasteiger partial charge in [0.05, 0.1) is 13.4 Å². The number of benzene rings is 3. The largest absolute Gasteiger partial charge is 0.497 e. The summed E-state index contributed by atoms with van der Waals surface area (Å²) in [6, 6.07) is 24.1. The van der Waals surface area contributed by atoms with Gasteiger partial charge < -0.3 is 9.64 Å². The quantitative estimate of drug-likeness (QED) is 0.554. The summed E-state index contributed by atoms with van der Waals surface area (Å²) in [7, 11) is 0.482. The summed E-state index contributed by atoms with van der Waals surface area (Å²) in [5.41, 5.74) is 5.33. The molecule has 1 N–H and O–H groups in total. The highest BCUT2D eigenvalue weighted by molar-refractivity contribution is 7.92. The number of aryl methyl sites for hydroxylation is 1. The number of hydrogen-bond acceptors (Lipinski definition) is 5. The van der Waals surface area contributed by atoms with Crippen LogP contribution in [0.3, 0.4) is 0 Å². The smallest absolute Gasteiger partial charge is 0.229 e. The molecule has 6 nitrogen and oxygen atoms in total. The Morgan fingerprint density at radius 2 is 1.70 bits per heavy atom. The van der Waals surface area contributed by atoms with Crippen LogP contribution in [0.2, 0.25) is 0 Å². The summed E-state index contributed by atoms with van der Waals surface area (Å²) in [4.78, 5) is 7.44. The van der Waals surface area contributed by atoms with Gasteiger partial charge in [0, 0.05) is 25.7 Å². The Balaban J connectivity index is 1.58.